The minimum Gasteiger partial charge on any atom is -0.481 e. The van der Waals surface area contributed by atoms with Gasteiger partial charge in [0.25, 0.3) is 0 Å². The molecular formula is C35H56O9. The van der Waals surface area contributed by atoms with E-state index in [4.69, 9.17) is 9.47 Å². The van der Waals surface area contributed by atoms with Gasteiger partial charge in [0.15, 0.2) is 6.29 Å². The second kappa shape index (κ2) is 10.5. The van der Waals surface area contributed by atoms with Gasteiger partial charge in [0, 0.05) is 5.41 Å². The van der Waals surface area contributed by atoms with Gasteiger partial charge in [-0.3, -0.25) is 4.79 Å². The van der Waals surface area contributed by atoms with E-state index >= 15 is 0 Å². The van der Waals surface area contributed by atoms with E-state index in [1.807, 2.05) is 0 Å². The average molecular weight is 621 g/mol. The maximum atomic E-state index is 13.0. The minimum absolute atomic E-state index is 0.00892. The maximum Gasteiger partial charge on any atom is 0.312 e. The third-order valence-corrected chi connectivity index (χ3v) is 15.0. The van der Waals surface area contributed by atoms with Crippen molar-refractivity contribution < 1.29 is 44.9 Å². The van der Waals surface area contributed by atoms with Crippen molar-refractivity contribution >= 4 is 5.97 Å². The molecule has 6 N–H and O–H groups in total. The van der Waals surface area contributed by atoms with Crippen LogP contribution in [0.5, 0.6) is 0 Å². The van der Waals surface area contributed by atoms with Crippen LogP contribution in [0.2, 0.25) is 0 Å². The van der Waals surface area contributed by atoms with Crippen molar-refractivity contribution in [3.63, 3.8) is 0 Å². The third-order valence-electron chi connectivity index (χ3n) is 15.0. The molecule has 9 nitrogen and oxygen atoms in total. The number of allylic oxidation sites excluding steroid dienone is 2. The normalized spacial score (nSPS) is 54.8. The van der Waals surface area contributed by atoms with Crippen molar-refractivity contribution in [3.05, 3.63) is 11.6 Å². The lowest BCUT2D eigenvalue weighted by Gasteiger charge is -2.71. The molecule has 1 aliphatic heterocycles. The average Bonchev–Trinajstić information content (AvgIpc) is 3.22. The number of carboxylic acid groups (broad SMARTS) is 1. The molecular weight excluding hydrogens is 564 g/mol. The summed E-state index contributed by atoms with van der Waals surface area (Å²) in [6.07, 6.45) is 3.16. The fraction of sp³-hybridized carbons (Fsp3) is 0.914. The Morgan fingerprint density at radius 2 is 1.64 bits per heavy atom. The predicted molar refractivity (Wildman–Crippen MR) is 162 cm³/mol. The van der Waals surface area contributed by atoms with Crippen LogP contribution in [0.3, 0.4) is 0 Å². The molecule has 5 aliphatic carbocycles. The number of aliphatic carboxylic acids is 1. The Hall–Kier alpha value is -1.07. The molecule has 14 atom stereocenters. The molecule has 5 fully saturated rings. The molecule has 250 valence electrons. The van der Waals surface area contributed by atoms with Crippen molar-refractivity contribution in [2.24, 2.45) is 50.2 Å². The summed E-state index contributed by atoms with van der Waals surface area (Å²) in [6, 6.07) is 0. The number of aliphatic hydroxyl groups is 5. The van der Waals surface area contributed by atoms with Crippen molar-refractivity contribution in [2.45, 2.75) is 136 Å². The smallest absolute Gasteiger partial charge is 0.312 e. The van der Waals surface area contributed by atoms with Crippen LogP contribution in [0, 0.1) is 50.2 Å². The zero-order chi connectivity index (χ0) is 32.3. The SMILES string of the molecule is CC1(C)CC[C@]2(C(=O)O)[C@H](O)C[C@]3(C)C(=CC[C@@H]4[C@@]5(C)CC[C@H](O[C@@H]6O[C@H](CO)[C@@H](O)[C@@H]6O)[C@@](C)(CO)[C@@H]5CC[C@]43C)[C@@H]2C1. The Balaban J connectivity index is 1.34. The molecule has 0 aromatic rings. The third kappa shape index (κ3) is 4.18. The second-order valence-electron chi connectivity index (χ2n) is 17.3. The lowest BCUT2D eigenvalue weighted by Crippen LogP contribution is -2.68. The predicted octanol–water partition coefficient (Wildman–Crippen LogP) is 3.64. The Kier molecular flexibility index (Phi) is 7.81. The quantitative estimate of drug-likeness (QED) is 0.253. The summed E-state index contributed by atoms with van der Waals surface area (Å²) in [4.78, 5) is 13.0. The van der Waals surface area contributed by atoms with Gasteiger partial charge in [0.1, 0.15) is 23.7 Å². The summed E-state index contributed by atoms with van der Waals surface area (Å²) < 4.78 is 12.0. The first kappa shape index (κ1) is 32.9. The van der Waals surface area contributed by atoms with Crippen LogP contribution in [-0.4, -0.2) is 86.6 Å². The van der Waals surface area contributed by atoms with Crippen LogP contribution in [0.4, 0.5) is 0 Å². The first-order valence-electron chi connectivity index (χ1n) is 17.0. The van der Waals surface area contributed by atoms with Crippen LogP contribution < -0.4 is 0 Å². The largest absolute Gasteiger partial charge is 0.481 e. The van der Waals surface area contributed by atoms with Crippen molar-refractivity contribution in [2.75, 3.05) is 13.2 Å². The molecule has 0 radical (unpaired) electrons. The van der Waals surface area contributed by atoms with Crippen molar-refractivity contribution in [1.29, 1.82) is 0 Å². The Morgan fingerprint density at radius 3 is 2.25 bits per heavy atom. The molecule has 0 aromatic carbocycles. The molecule has 44 heavy (non-hydrogen) atoms. The first-order chi connectivity index (χ1) is 20.4. The number of carbonyl (C=O) groups is 1. The van der Waals surface area contributed by atoms with E-state index in [0.717, 1.165) is 38.5 Å². The van der Waals surface area contributed by atoms with Crippen molar-refractivity contribution in [3.8, 4) is 0 Å². The number of ether oxygens (including phenoxy) is 2. The van der Waals surface area contributed by atoms with Crippen LogP contribution >= 0.6 is 0 Å². The van der Waals surface area contributed by atoms with E-state index in [1.165, 1.54) is 5.57 Å². The number of hydrogen-bond donors (Lipinski definition) is 6. The molecule has 9 heteroatoms. The monoisotopic (exact) mass is 620 g/mol. The summed E-state index contributed by atoms with van der Waals surface area (Å²) in [5.74, 6) is -0.664. The maximum absolute atomic E-state index is 13.0. The lowest BCUT2D eigenvalue weighted by molar-refractivity contribution is -0.270. The van der Waals surface area contributed by atoms with Gasteiger partial charge in [-0.05, 0) is 97.2 Å². The molecule has 4 saturated carbocycles. The molecule has 0 spiro atoms. The van der Waals surface area contributed by atoms with E-state index in [1.54, 1.807) is 0 Å². The van der Waals surface area contributed by atoms with Crippen LogP contribution in [0.1, 0.15) is 99.3 Å². The second-order valence-corrected chi connectivity index (χ2v) is 17.3. The lowest BCUT2D eigenvalue weighted by atomic mass is 9.33. The minimum atomic E-state index is -1.28. The molecule has 0 bridgehead atoms. The number of hydrogen-bond acceptors (Lipinski definition) is 8. The molecule has 1 heterocycles. The van der Waals surface area contributed by atoms with E-state index < -0.39 is 60.2 Å². The zero-order valence-electron chi connectivity index (χ0n) is 27.5. The van der Waals surface area contributed by atoms with Gasteiger partial charge in [-0.25, -0.2) is 0 Å². The topological polar surface area (TPSA) is 157 Å². The molecule has 0 amide bonds. The van der Waals surface area contributed by atoms with Gasteiger partial charge >= 0.3 is 5.97 Å². The molecule has 0 unspecified atom stereocenters. The van der Waals surface area contributed by atoms with E-state index in [9.17, 15) is 35.4 Å². The van der Waals surface area contributed by atoms with Gasteiger partial charge < -0.3 is 40.1 Å². The highest BCUT2D eigenvalue weighted by Gasteiger charge is 2.71. The van der Waals surface area contributed by atoms with Gasteiger partial charge in [0.2, 0.25) is 0 Å². The van der Waals surface area contributed by atoms with E-state index in [-0.39, 0.29) is 46.0 Å². The van der Waals surface area contributed by atoms with Crippen molar-refractivity contribution in [1.82, 2.24) is 0 Å². The highest BCUT2D eigenvalue weighted by Crippen LogP contribution is 2.76. The molecule has 1 saturated heterocycles. The van der Waals surface area contributed by atoms with Crippen LogP contribution in [0.15, 0.2) is 11.6 Å². The Labute approximate surface area is 262 Å². The fourth-order valence-electron chi connectivity index (χ4n) is 12.1. The van der Waals surface area contributed by atoms with Gasteiger partial charge in [-0.1, -0.05) is 53.2 Å². The molecule has 6 rings (SSSR count). The van der Waals surface area contributed by atoms with Gasteiger partial charge in [0.05, 0.1) is 25.4 Å². The van der Waals surface area contributed by atoms with Gasteiger partial charge in [-0.2, -0.15) is 0 Å². The summed E-state index contributed by atoms with van der Waals surface area (Å²) in [5.41, 5.74) is -1.15. The van der Waals surface area contributed by atoms with Gasteiger partial charge in [-0.15, -0.1) is 0 Å². The number of aliphatic hydroxyl groups excluding tert-OH is 5. The Morgan fingerprint density at radius 1 is 0.932 bits per heavy atom. The number of carboxylic acids is 1. The van der Waals surface area contributed by atoms with Crippen LogP contribution in [-0.2, 0) is 14.3 Å². The summed E-state index contributed by atoms with van der Waals surface area (Å²) in [6.45, 7) is 13.1. The van der Waals surface area contributed by atoms with E-state index in [2.05, 4.69) is 47.6 Å². The highest BCUT2D eigenvalue weighted by molar-refractivity contribution is 5.77. The fourth-order valence-corrected chi connectivity index (χ4v) is 12.1. The highest BCUT2D eigenvalue weighted by atomic mass is 16.7. The standard InChI is InChI=1S/C35H56O9/c1-30(2)13-14-35(29(41)42)20(15-30)19-7-8-23-31(3)11-10-25(44-28-27(40)26(39)21(17-36)43-28)32(4,18-37)22(31)9-12-33(23,5)34(19,6)16-24(35)38/h7,20-28,36-40H,8-18H2,1-6H3,(H,41,42)/t20-,21+,22+,23+,24+,25-,26+,27-,28-,31-,32-,33+,34+,35+/m0/s1. The van der Waals surface area contributed by atoms with E-state index in [0.29, 0.717) is 19.3 Å². The Bertz CT molecular complexity index is 1190. The van der Waals surface area contributed by atoms with Crippen LogP contribution in [0.25, 0.3) is 0 Å². The first-order valence-corrected chi connectivity index (χ1v) is 17.0. The number of fused-ring (bicyclic) bond motifs is 7. The molecule has 6 aliphatic rings. The molecule has 0 aromatic heterocycles. The zero-order valence-corrected chi connectivity index (χ0v) is 27.5. The summed E-state index contributed by atoms with van der Waals surface area (Å²) in [5, 5.41) is 63.9. The number of rotatable bonds is 5. The summed E-state index contributed by atoms with van der Waals surface area (Å²) in [7, 11) is 0. The summed E-state index contributed by atoms with van der Waals surface area (Å²) >= 11 is 0.